The summed E-state index contributed by atoms with van der Waals surface area (Å²) in [7, 11) is 4.08. The number of likely N-dealkylation sites (N-methyl/N-ethyl adjacent to an activating group) is 1. The normalized spacial score (nSPS) is 14.4. The molecule has 1 aromatic carbocycles. The van der Waals surface area contributed by atoms with Crippen LogP contribution in [0.15, 0.2) is 48.8 Å². The van der Waals surface area contributed by atoms with Crippen molar-refractivity contribution < 1.29 is 18.3 Å². The molecule has 1 fully saturated rings. The first-order valence-electron chi connectivity index (χ1n) is 9.78. The Labute approximate surface area is 188 Å². The van der Waals surface area contributed by atoms with Gasteiger partial charge in [0.15, 0.2) is 0 Å². The predicted octanol–water partition coefficient (Wildman–Crippen LogP) is 3.64. The van der Waals surface area contributed by atoms with Gasteiger partial charge in [0.05, 0.1) is 11.3 Å². The van der Waals surface area contributed by atoms with Gasteiger partial charge in [0.25, 0.3) is 5.91 Å². The first-order chi connectivity index (χ1) is 15.2. The van der Waals surface area contributed by atoms with Crippen LogP contribution in [0.25, 0.3) is 11.3 Å². The van der Waals surface area contributed by atoms with Crippen molar-refractivity contribution in [2.24, 2.45) is 0 Å². The number of benzene rings is 1. The summed E-state index contributed by atoms with van der Waals surface area (Å²) >= 11 is 4.76. The zero-order valence-electron chi connectivity index (χ0n) is 17.3. The third-order valence-electron chi connectivity index (χ3n) is 5.16. The van der Waals surface area contributed by atoms with Crippen LogP contribution in [-0.2, 0) is 0 Å². The molecule has 3 aromatic rings. The third-order valence-corrected chi connectivity index (χ3v) is 5.23. The molecule has 4 rings (SSSR count). The molecular formula is C21H21ClF2N6O2. The molecular weight excluding hydrogens is 442 g/mol. The first kappa shape index (κ1) is 22.0. The lowest BCUT2D eigenvalue weighted by atomic mass is 10.0. The fraction of sp³-hybridized carbons (Fsp3) is 0.286. The van der Waals surface area contributed by atoms with Crippen molar-refractivity contribution in [2.75, 3.05) is 37.4 Å². The zero-order chi connectivity index (χ0) is 22.9. The minimum Gasteiger partial charge on any atom is -0.420 e. The molecule has 0 spiro atoms. The van der Waals surface area contributed by atoms with E-state index in [9.17, 15) is 13.6 Å². The quantitative estimate of drug-likeness (QED) is 0.521. The summed E-state index contributed by atoms with van der Waals surface area (Å²) < 4.78 is 29.7. The van der Waals surface area contributed by atoms with Gasteiger partial charge in [0.2, 0.25) is 0 Å². The number of carbonyl (C=O) groups excluding carboxylic acids is 1. The number of aromatic nitrogens is 3. The highest BCUT2D eigenvalue weighted by atomic mass is 35.5. The number of nitrogens with zero attached hydrogens (tertiary/aromatic N) is 4. The third kappa shape index (κ3) is 4.97. The van der Waals surface area contributed by atoms with Gasteiger partial charge < -0.3 is 19.9 Å². The molecule has 0 bridgehead atoms. The van der Waals surface area contributed by atoms with Crippen molar-refractivity contribution in [3.8, 4) is 17.0 Å². The summed E-state index contributed by atoms with van der Waals surface area (Å²) in [6.07, 6.45) is 3.15. The fourth-order valence-electron chi connectivity index (χ4n) is 3.34. The van der Waals surface area contributed by atoms with Crippen LogP contribution < -0.4 is 15.0 Å². The molecule has 1 aliphatic heterocycles. The molecule has 1 aliphatic rings. The topological polar surface area (TPSA) is 86.4 Å². The Bertz CT molecular complexity index is 1080. The number of H-pyrrole nitrogens is 1. The summed E-state index contributed by atoms with van der Waals surface area (Å²) in [5, 5.41) is 9.65. The van der Waals surface area contributed by atoms with Crippen molar-refractivity contribution in [1.29, 1.82) is 0 Å². The smallest absolute Gasteiger partial charge is 0.420 e. The maximum atomic E-state index is 12.8. The zero-order valence-corrected chi connectivity index (χ0v) is 18.1. The molecule has 1 saturated heterocycles. The number of anilines is 2. The maximum Gasteiger partial charge on any atom is 0.487 e. The first-order valence-corrected chi connectivity index (χ1v) is 10.2. The van der Waals surface area contributed by atoms with Gasteiger partial charge in [-0.1, -0.05) is 0 Å². The average Bonchev–Trinajstić information content (AvgIpc) is 3.22. The Morgan fingerprint density at radius 1 is 1.28 bits per heavy atom. The van der Waals surface area contributed by atoms with Crippen molar-refractivity contribution in [2.45, 2.75) is 11.6 Å². The second-order valence-electron chi connectivity index (χ2n) is 7.61. The molecule has 0 atom stereocenters. The number of nitrogens with one attached hydrogen (secondary N) is 2. The highest BCUT2D eigenvalue weighted by Crippen LogP contribution is 2.32. The predicted molar refractivity (Wildman–Crippen MR) is 117 cm³/mol. The molecule has 2 aromatic heterocycles. The van der Waals surface area contributed by atoms with Gasteiger partial charge in [-0.05, 0) is 50.5 Å². The monoisotopic (exact) mass is 462 g/mol. The van der Waals surface area contributed by atoms with Gasteiger partial charge in [0.1, 0.15) is 11.6 Å². The van der Waals surface area contributed by atoms with Gasteiger partial charge in [-0.2, -0.15) is 5.10 Å². The van der Waals surface area contributed by atoms with Crippen LogP contribution in [0.1, 0.15) is 10.4 Å². The van der Waals surface area contributed by atoms with E-state index in [-0.39, 0.29) is 5.75 Å². The number of hydrogen-bond acceptors (Lipinski definition) is 6. The van der Waals surface area contributed by atoms with Gasteiger partial charge >= 0.3 is 5.57 Å². The summed E-state index contributed by atoms with van der Waals surface area (Å²) in [6.45, 7) is 1.67. The minimum absolute atomic E-state index is 0.124. The number of alkyl halides is 3. The van der Waals surface area contributed by atoms with E-state index in [1.165, 1.54) is 30.5 Å². The van der Waals surface area contributed by atoms with Crippen molar-refractivity contribution in [3.63, 3.8) is 0 Å². The Morgan fingerprint density at radius 3 is 2.59 bits per heavy atom. The fourth-order valence-corrected chi connectivity index (χ4v) is 3.42. The number of halogens is 3. The Morgan fingerprint density at radius 2 is 2.00 bits per heavy atom. The van der Waals surface area contributed by atoms with Crippen LogP contribution in [-0.4, -0.2) is 64.8 Å². The van der Waals surface area contributed by atoms with Crippen LogP contribution >= 0.6 is 11.6 Å². The SMILES string of the molecule is CN(C)C1CN(c2ncc(C(=O)Nc3ccc(OC(F)(F)Cl)cc3)cc2-c2ccn[nH]2)C1. The molecule has 0 radical (unpaired) electrons. The number of aromatic amines is 1. The van der Waals surface area contributed by atoms with E-state index in [1.807, 2.05) is 20.2 Å². The van der Waals surface area contributed by atoms with E-state index in [2.05, 4.69) is 35.0 Å². The van der Waals surface area contributed by atoms with Gasteiger partial charge in [-0.15, -0.1) is 8.78 Å². The summed E-state index contributed by atoms with van der Waals surface area (Å²) in [5.74, 6) is 0.254. The van der Waals surface area contributed by atoms with Crippen LogP contribution in [0.4, 0.5) is 20.3 Å². The number of ether oxygens (including phenoxy) is 1. The molecule has 0 aliphatic carbocycles. The molecule has 0 unspecified atom stereocenters. The van der Waals surface area contributed by atoms with E-state index in [4.69, 9.17) is 11.6 Å². The van der Waals surface area contributed by atoms with E-state index >= 15 is 0 Å². The Balaban J connectivity index is 1.52. The molecule has 1 amide bonds. The number of pyridine rings is 1. The highest BCUT2D eigenvalue weighted by Gasteiger charge is 2.31. The van der Waals surface area contributed by atoms with Gasteiger partial charge in [-0.25, -0.2) is 4.98 Å². The molecule has 11 heteroatoms. The summed E-state index contributed by atoms with van der Waals surface area (Å²) in [6, 6.07) is 9.46. The second kappa shape index (κ2) is 8.71. The van der Waals surface area contributed by atoms with Crippen molar-refractivity contribution in [1.82, 2.24) is 20.1 Å². The number of rotatable bonds is 7. The van der Waals surface area contributed by atoms with Crippen molar-refractivity contribution >= 4 is 29.0 Å². The maximum absolute atomic E-state index is 12.8. The second-order valence-corrected chi connectivity index (χ2v) is 8.05. The van der Waals surface area contributed by atoms with E-state index < -0.39 is 11.5 Å². The van der Waals surface area contributed by atoms with Gasteiger partial charge in [-0.3, -0.25) is 9.89 Å². The lowest BCUT2D eigenvalue weighted by molar-refractivity contribution is -0.0964. The standard InChI is InChI=1S/C21H21ClF2N6O2/c1-29(2)15-11-30(12-15)19-17(18-7-8-26-28-18)9-13(10-25-19)20(31)27-14-3-5-16(6-4-14)32-21(22,23)24/h3-10,15H,11-12H2,1-2H3,(H,26,28)(H,27,31). The number of carbonyl (C=O) groups is 1. The highest BCUT2D eigenvalue weighted by molar-refractivity contribution is 6.20. The lowest BCUT2D eigenvalue weighted by Gasteiger charge is -2.44. The molecule has 2 N–H and O–H groups in total. The molecule has 168 valence electrons. The Kier molecular flexibility index (Phi) is 5.98. The number of amides is 1. The molecule has 0 saturated carbocycles. The summed E-state index contributed by atoms with van der Waals surface area (Å²) in [5.41, 5.74) is -1.54. The van der Waals surface area contributed by atoms with E-state index in [1.54, 1.807) is 12.3 Å². The molecule has 3 heterocycles. The van der Waals surface area contributed by atoms with E-state index in [0.29, 0.717) is 17.3 Å². The average molecular weight is 463 g/mol. The van der Waals surface area contributed by atoms with Crippen molar-refractivity contribution in [3.05, 3.63) is 54.4 Å². The summed E-state index contributed by atoms with van der Waals surface area (Å²) in [4.78, 5) is 21.6. The largest absolute Gasteiger partial charge is 0.487 e. The van der Waals surface area contributed by atoms with Crippen LogP contribution in [0.3, 0.4) is 0 Å². The van der Waals surface area contributed by atoms with Crippen LogP contribution in [0.2, 0.25) is 0 Å². The minimum atomic E-state index is -3.80. The molecule has 32 heavy (non-hydrogen) atoms. The lowest BCUT2D eigenvalue weighted by Crippen LogP contribution is -2.57. The van der Waals surface area contributed by atoms with Crippen LogP contribution in [0.5, 0.6) is 5.75 Å². The van der Waals surface area contributed by atoms with E-state index in [0.717, 1.165) is 30.2 Å². The van der Waals surface area contributed by atoms with Gasteiger partial charge in [0, 0.05) is 54.4 Å². The number of hydrogen-bond donors (Lipinski definition) is 2. The van der Waals surface area contributed by atoms with Crippen LogP contribution in [0, 0.1) is 0 Å². The Hall–Kier alpha value is -3.24. The molecule has 8 nitrogen and oxygen atoms in total.